The zero-order valence-electron chi connectivity index (χ0n) is 12.2. The monoisotopic (exact) mass is 328 g/mol. The van der Waals surface area contributed by atoms with Crippen LogP contribution >= 0.6 is 0 Å². The van der Waals surface area contributed by atoms with Gasteiger partial charge >= 0.3 is 0 Å². The van der Waals surface area contributed by atoms with Crippen LogP contribution in [-0.2, 0) is 11.1 Å². The fourth-order valence-electron chi connectivity index (χ4n) is 2.36. The summed E-state index contributed by atoms with van der Waals surface area (Å²) in [5, 5.41) is 0. The first kappa shape index (κ1) is 17.0. The normalized spacial score (nSPS) is 11.6. The smallest absolute Gasteiger partial charge is 0.123 e. The number of rotatable bonds is 3. The van der Waals surface area contributed by atoms with E-state index in [-0.39, 0.29) is 16.9 Å². The molecule has 0 spiro atoms. The van der Waals surface area contributed by atoms with Crippen molar-refractivity contribution in [1.29, 1.82) is 0 Å². The second-order valence-electron chi connectivity index (χ2n) is 4.81. The van der Waals surface area contributed by atoms with E-state index in [1.807, 2.05) is 24.3 Å². The van der Waals surface area contributed by atoms with E-state index in [4.69, 9.17) is 0 Å². The second-order valence-corrected chi connectivity index (χ2v) is 5.75. The van der Waals surface area contributed by atoms with Crippen molar-refractivity contribution >= 4 is 11.1 Å². The summed E-state index contributed by atoms with van der Waals surface area (Å²) in [6.07, 6.45) is 0. The van der Waals surface area contributed by atoms with Crippen LogP contribution in [-0.4, -0.2) is 8.76 Å². The average Bonchev–Trinajstić information content (AvgIpc) is 2.56. The van der Waals surface area contributed by atoms with Crippen LogP contribution in [0.2, 0.25) is 0 Å². The summed E-state index contributed by atoms with van der Waals surface area (Å²) in [5.41, 5.74) is 3.76. The van der Waals surface area contributed by atoms with E-state index in [1.165, 1.54) is 12.1 Å². The van der Waals surface area contributed by atoms with E-state index in [1.54, 1.807) is 36.4 Å². The fourth-order valence-corrected chi connectivity index (χ4v) is 2.72. The minimum atomic E-state index is -2.23. The van der Waals surface area contributed by atoms with Crippen LogP contribution in [0.1, 0.15) is 0 Å². The summed E-state index contributed by atoms with van der Waals surface area (Å²) in [7, 11) is 0. The van der Waals surface area contributed by atoms with Crippen molar-refractivity contribution in [1.82, 2.24) is 6.15 Å². The van der Waals surface area contributed by atoms with E-state index < -0.39 is 11.1 Å². The number of hydrogen-bond acceptors (Lipinski definition) is 3. The SMILES string of the molecule is N.O=S([O-])c1ccc(-c2ccccc2-c2ccc(F)cc2)cc1. The molecule has 3 aromatic rings. The fraction of sp³-hybridized carbons (Fsp3) is 0. The van der Waals surface area contributed by atoms with Crippen molar-refractivity contribution in [2.75, 3.05) is 0 Å². The molecule has 0 radical (unpaired) electrons. The van der Waals surface area contributed by atoms with Crippen LogP contribution in [0.15, 0.2) is 77.7 Å². The zero-order chi connectivity index (χ0) is 15.5. The lowest BCUT2D eigenvalue weighted by Gasteiger charge is -2.11. The first-order chi connectivity index (χ1) is 10.6. The van der Waals surface area contributed by atoms with Gasteiger partial charge in [0.2, 0.25) is 0 Å². The van der Waals surface area contributed by atoms with Crippen molar-refractivity contribution in [3.8, 4) is 22.3 Å². The Balaban J connectivity index is 0.00000192. The van der Waals surface area contributed by atoms with E-state index in [9.17, 15) is 13.2 Å². The molecule has 0 amide bonds. The average molecular weight is 328 g/mol. The number of halogens is 1. The summed E-state index contributed by atoms with van der Waals surface area (Å²) >= 11 is -2.23. The Morgan fingerprint density at radius 1 is 0.739 bits per heavy atom. The van der Waals surface area contributed by atoms with Gasteiger partial charge in [-0.05, 0) is 57.6 Å². The maximum absolute atomic E-state index is 13.1. The van der Waals surface area contributed by atoms with Crippen molar-refractivity contribution in [2.45, 2.75) is 4.90 Å². The molecule has 5 heteroatoms. The van der Waals surface area contributed by atoms with Crippen LogP contribution in [0.3, 0.4) is 0 Å². The topological polar surface area (TPSA) is 75.1 Å². The van der Waals surface area contributed by atoms with Gasteiger partial charge < -0.3 is 10.7 Å². The lowest BCUT2D eigenvalue weighted by atomic mass is 9.95. The minimum absolute atomic E-state index is 0. The van der Waals surface area contributed by atoms with Gasteiger partial charge in [0, 0.05) is 4.90 Å². The third-order valence-corrected chi connectivity index (χ3v) is 4.10. The van der Waals surface area contributed by atoms with Crippen LogP contribution in [0.25, 0.3) is 22.3 Å². The van der Waals surface area contributed by atoms with Crippen molar-refractivity contribution < 1.29 is 13.2 Å². The Morgan fingerprint density at radius 2 is 1.17 bits per heavy atom. The Bertz CT molecular complexity index is 817. The molecule has 3 nitrogen and oxygen atoms in total. The summed E-state index contributed by atoms with van der Waals surface area (Å²) in [6, 6.07) is 20.8. The maximum Gasteiger partial charge on any atom is 0.123 e. The van der Waals surface area contributed by atoms with Gasteiger partial charge in [0.15, 0.2) is 0 Å². The largest absolute Gasteiger partial charge is 0.768 e. The molecular formula is C18H15FNO2S-. The number of hydrogen-bond donors (Lipinski definition) is 1. The Kier molecular flexibility index (Phi) is 5.39. The molecule has 0 saturated carbocycles. The molecule has 3 N–H and O–H groups in total. The molecule has 0 bridgehead atoms. The van der Waals surface area contributed by atoms with E-state index >= 15 is 0 Å². The minimum Gasteiger partial charge on any atom is -0.768 e. The van der Waals surface area contributed by atoms with Gasteiger partial charge in [0.1, 0.15) is 5.82 Å². The van der Waals surface area contributed by atoms with Gasteiger partial charge in [-0.1, -0.05) is 48.5 Å². The Labute approximate surface area is 136 Å². The molecule has 0 heterocycles. The molecule has 0 aliphatic rings. The van der Waals surface area contributed by atoms with Crippen LogP contribution in [0, 0.1) is 5.82 Å². The first-order valence-electron chi connectivity index (χ1n) is 6.70. The van der Waals surface area contributed by atoms with Gasteiger partial charge in [-0.15, -0.1) is 0 Å². The number of benzene rings is 3. The van der Waals surface area contributed by atoms with Crippen molar-refractivity contribution in [3.63, 3.8) is 0 Å². The highest BCUT2D eigenvalue weighted by Gasteiger charge is 2.07. The van der Waals surface area contributed by atoms with Gasteiger partial charge in [-0.3, -0.25) is 4.21 Å². The highest BCUT2D eigenvalue weighted by atomic mass is 32.2. The van der Waals surface area contributed by atoms with Gasteiger partial charge in [-0.2, -0.15) is 0 Å². The van der Waals surface area contributed by atoms with Gasteiger partial charge in [-0.25, -0.2) is 4.39 Å². The predicted molar refractivity (Wildman–Crippen MR) is 89.5 cm³/mol. The quantitative estimate of drug-likeness (QED) is 0.716. The highest BCUT2D eigenvalue weighted by Crippen LogP contribution is 2.32. The first-order valence-corrected chi connectivity index (χ1v) is 7.77. The van der Waals surface area contributed by atoms with Crippen LogP contribution in [0.4, 0.5) is 4.39 Å². The molecular weight excluding hydrogens is 313 g/mol. The zero-order valence-corrected chi connectivity index (χ0v) is 13.1. The third kappa shape index (κ3) is 3.71. The molecule has 1 unspecified atom stereocenters. The van der Waals surface area contributed by atoms with E-state index in [0.29, 0.717) is 0 Å². The lowest BCUT2D eigenvalue weighted by molar-refractivity contribution is 0.537. The summed E-state index contributed by atoms with van der Waals surface area (Å²) < 4.78 is 35.0. The maximum atomic E-state index is 13.1. The summed E-state index contributed by atoms with van der Waals surface area (Å²) in [4.78, 5) is 0.253. The molecule has 3 rings (SSSR count). The molecule has 0 aliphatic carbocycles. The molecule has 118 valence electrons. The van der Waals surface area contributed by atoms with Crippen LogP contribution < -0.4 is 6.15 Å². The van der Waals surface area contributed by atoms with Gasteiger partial charge in [0.25, 0.3) is 0 Å². The highest BCUT2D eigenvalue weighted by molar-refractivity contribution is 7.79. The van der Waals surface area contributed by atoms with Crippen molar-refractivity contribution in [2.24, 2.45) is 0 Å². The molecule has 3 aromatic carbocycles. The molecule has 0 aromatic heterocycles. The molecule has 23 heavy (non-hydrogen) atoms. The van der Waals surface area contributed by atoms with Crippen molar-refractivity contribution in [3.05, 3.63) is 78.6 Å². The third-order valence-electron chi connectivity index (χ3n) is 3.44. The van der Waals surface area contributed by atoms with E-state index in [2.05, 4.69) is 0 Å². The predicted octanol–water partition coefficient (Wildman–Crippen LogP) is 4.56. The second kappa shape index (κ2) is 7.28. The molecule has 1 atom stereocenters. The lowest BCUT2D eigenvalue weighted by Crippen LogP contribution is -1.89. The Hall–Kier alpha value is -2.34. The van der Waals surface area contributed by atoms with Gasteiger partial charge in [0.05, 0.1) is 0 Å². The molecule has 0 fully saturated rings. The molecule has 0 saturated heterocycles. The summed E-state index contributed by atoms with van der Waals surface area (Å²) in [5.74, 6) is -0.275. The van der Waals surface area contributed by atoms with E-state index in [0.717, 1.165) is 22.3 Å². The molecule has 0 aliphatic heterocycles. The van der Waals surface area contributed by atoms with Crippen LogP contribution in [0.5, 0.6) is 0 Å². The standard InChI is InChI=1S/C18H13FO2S.H3N/c19-15-9-5-13(6-10-15)17-3-1-2-4-18(17)14-7-11-16(12-8-14)22(20)21;/h1-12H,(H,20,21);1H3/p-1. The Morgan fingerprint density at radius 3 is 1.61 bits per heavy atom. The summed E-state index contributed by atoms with van der Waals surface area (Å²) in [6.45, 7) is 0.